The minimum absolute atomic E-state index is 0.0390. The van der Waals surface area contributed by atoms with E-state index in [0.717, 1.165) is 28.8 Å². The summed E-state index contributed by atoms with van der Waals surface area (Å²) in [7, 11) is 0. The van der Waals surface area contributed by atoms with Crippen LogP contribution in [0.15, 0.2) is 35.7 Å². The molecular weight excluding hydrogens is 336 g/mol. The van der Waals surface area contributed by atoms with E-state index in [0.29, 0.717) is 5.69 Å². The van der Waals surface area contributed by atoms with E-state index in [1.165, 1.54) is 11.3 Å². The summed E-state index contributed by atoms with van der Waals surface area (Å²) in [6, 6.07) is 9.36. The van der Waals surface area contributed by atoms with Gasteiger partial charge in [0.05, 0.1) is 6.54 Å². The Morgan fingerprint density at radius 1 is 1.20 bits per heavy atom. The van der Waals surface area contributed by atoms with Crippen LogP contribution >= 0.6 is 11.3 Å². The summed E-state index contributed by atoms with van der Waals surface area (Å²) in [5, 5.41) is 18.1. The summed E-state index contributed by atoms with van der Waals surface area (Å²) < 4.78 is 0. The Morgan fingerprint density at radius 3 is 2.44 bits per heavy atom. The molecule has 0 spiro atoms. The van der Waals surface area contributed by atoms with Crippen molar-refractivity contribution in [1.82, 2.24) is 5.32 Å². The van der Waals surface area contributed by atoms with E-state index in [1.807, 2.05) is 49.6 Å². The number of aryl methyl sites for hydroxylation is 2. The number of hydrogen-bond donors (Lipinski definition) is 3. The predicted molar refractivity (Wildman–Crippen MR) is 98.5 cm³/mol. The number of hydrogen-bond acceptors (Lipinski definition) is 4. The normalized spacial score (nSPS) is 16.1. The summed E-state index contributed by atoms with van der Waals surface area (Å²) in [5.74, 6) is -1.34. The zero-order chi connectivity index (χ0) is 18.0. The first-order valence-corrected chi connectivity index (χ1v) is 9.20. The van der Waals surface area contributed by atoms with Crippen LogP contribution in [0.4, 0.5) is 5.69 Å². The van der Waals surface area contributed by atoms with Crippen LogP contribution in [0.25, 0.3) is 0 Å². The van der Waals surface area contributed by atoms with Crippen molar-refractivity contribution < 1.29 is 14.7 Å². The van der Waals surface area contributed by atoms with Crippen molar-refractivity contribution in [2.75, 3.05) is 11.9 Å². The van der Waals surface area contributed by atoms with Crippen LogP contribution < -0.4 is 10.6 Å². The molecule has 0 radical (unpaired) electrons. The fourth-order valence-corrected chi connectivity index (χ4v) is 3.95. The van der Waals surface area contributed by atoms with Gasteiger partial charge in [-0.15, -0.1) is 11.3 Å². The molecule has 1 saturated carbocycles. The fraction of sp³-hybridized carbons (Fsp3) is 0.368. The molecule has 1 unspecified atom stereocenters. The summed E-state index contributed by atoms with van der Waals surface area (Å²) in [4.78, 5) is 25.1. The van der Waals surface area contributed by atoms with Crippen LogP contribution in [0.1, 0.15) is 28.8 Å². The molecular formula is C19H22N2O3S. The largest absolute Gasteiger partial charge is 0.382 e. The van der Waals surface area contributed by atoms with Crippen molar-refractivity contribution in [2.45, 2.75) is 32.3 Å². The highest BCUT2D eigenvalue weighted by atomic mass is 32.1. The average Bonchev–Trinajstić information content (AvgIpc) is 3.26. The molecule has 3 N–H and O–H groups in total. The highest BCUT2D eigenvalue weighted by Gasteiger charge is 2.46. The number of amides is 2. The molecule has 1 aromatic heterocycles. The van der Waals surface area contributed by atoms with E-state index in [2.05, 4.69) is 10.6 Å². The average molecular weight is 358 g/mol. The standard InChI is InChI=1S/C19H22N2O3S/c1-12-8-13(2)10-15(9-12)21-18(23)17(22)20-11-19(24,14-5-6-14)16-4-3-7-25-16/h3-4,7-10,14,24H,5-6,11H2,1-2H3,(H,20,22)(H,21,23). The Hall–Kier alpha value is -2.18. The third kappa shape index (κ3) is 4.08. The molecule has 0 saturated heterocycles. The molecule has 2 amide bonds. The highest BCUT2D eigenvalue weighted by Crippen LogP contribution is 2.46. The first-order chi connectivity index (χ1) is 11.9. The molecule has 1 fully saturated rings. The van der Waals surface area contributed by atoms with Crippen molar-refractivity contribution >= 4 is 28.8 Å². The topological polar surface area (TPSA) is 78.4 Å². The van der Waals surface area contributed by atoms with Gasteiger partial charge in [0.15, 0.2) is 0 Å². The molecule has 3 rings (SSSR count). The lowest BCUT2D eigenvalue weighted by Gasteiger charge is -2.27. The molecule has 0 bridgehead atoms. The van der Waals surface area contributed by atoms with Crippen LogP contribution in [0.3, 0.4) is 0 Å². The van der Waals surface area contributed by atoms with Gasteiger partial charge in [-0.05, 0) is 67.3 Å². The smallest absolute Gasteiger partial charge is 0.313 e. The van der Waals surface area contributed by atoms with Gasteiger partial charge >= 0.3 is 11.8 Å². The van der Waals surface area contributed by atoms with Crippen molar-refractivity contribution in [2.24, 2.45) is 5.92 Å². The van der Waals surface area contributed by atoms with Crippen molar-refractivity contribution in [3.8, 4) is 0 Å². The van der Waals surface area contributed by atoms with Gasteiger partial charge in [0, 0.05) is 10.6 Å². The van der Waals surface area contributed by atoms with Crippen molar-refractivity contribution in [3.05, 3.63) is 51.7 Å². The number of benzene rings is 1. The van der Waals surface area contributed by atoms with E-state index in [1.54, 1.807) is 0 Å². The van der Waals surface area contributed by atoms with Crippen LogP contribution in [-0.2, 0) is 15.2 Å². The van der Waals surface area contributed by atoms with Gasteiger partial charge in [-0.25, -0.2) is 0 Å². The second kappa shape index (κ2) is 6.98. The minimum Gasteiger partial charge on any atom is -0.382 e. The lowest BCUT2D eigenvalue weighted by atomic mass is 9.95. The second-order valence-electron chi connectivity index (χ2n) is 6.69. The summed E-state index contributed by atoms with van der Waals surface area (Å²) >= 11 is 1.46. The third-order valence-electron chi connectivity index (χ3n) is 4.40. The minimum atomic E-state index is -1.09. The summed E-state index contributed by atoms with van der Waals surface area (Å²) in [6.07, 6.45) is 1.86. The molecule has 0 aliphatic heterocycles. The fourth-order valence-electron chi connectivity index (χ4n) is 3.05. The van der Waals surface area contributed by atoms with Gasteiger partial charge in [0.25, 0.3) is 0 Å². The second-order valence-corrected chi connectivity index (χ2v) is 7.64. The lowest BCUT2D eigenvalue weighted by molar-refractivity contribution is -0.137. The van der Waals surface area contributed by atoms with Crippen LogP contribution in [0.5, 0.6) is 0 Å². The molecule has 1 aliphatic carbocycles. The molecule has 6 heteroatoms. The number of carbonyl (C=O) groups excluding carboxylic acids is 2. The first-order valence-electron chi connectivity index (χ1n) is 8.32. The van der Waals surface area contributed by atoms with E-state index >= 15 is 0 Å². The molecule has 1 aliphatic rings. The van der Waals surface area contributed by atoms with Gasteiger partial charge in [0.1, 0.15) is 5.60 Å². The predicted octanol–water partition coefficient (Wildman–Crippen LogP) is 2.72. The third-order valence-corrected chi connectivity index (χ3v) is 5.44. The molecule has 1 heterocycles. The number of anilines is 1. The number of rotatable bonds is 5. The van der Waals surface area contributed by atoms with Gasteiger partial charge in [-0.3, -0.25) is 9.59 Å². The van der Waals surface area contributed by atoms with Gasteiger partial charge in [-0.2, -0.15) is 0 Å². The van der Waals surface area contributed by atoms with E-state index in [9.17, 15) is 14.7 Å². The van der Waals surface area contributed by atoms with Crippen molar-refractivity contribution in [3.63, 3.8) is 0 Å². The summed E-state index contributed by atoms with van der Waals surface area (Å²) in [5.41, 5.74) is 1.52. The van der Waals surface area contributed by atoms with E-state index < -0.39 is 17.4 Å². The highest BCUT2D eigenvalue weighted by molar-refractivity contribution is 7.10. The van der Waals surface area contributed by atoms with E-state index in [4.69, 9.17) is 0 Å². The zero-order valence-electron chi connectivity index (χ0n) is 14.3. The van der Waals surface area contributed by atoms with Gasteiger partial charge in [0.2, 0.25) is 0 Å². The Labute approximate surface area is 151 Å². The SMILES string of the molecule is Cc1cc(C)cc(NC(=O)C(=O)NCC(O)(c2cccs2)C2CC2)c1. The summed E-state index contributed by atoms with van der Waals surface area (Å²) in [6.45, 7) is 3.90. The van der Waals surface area contributed by atoms with Crippen molar-refractivity contribution in [1.29, 1.82) is 0 Å². The first kappa shape index (κ1) is 17.6. The van der Waals surface area contributed by atoms with Gasteiger partial charge in [-0.1, -0.05) is 12.1 Å². The molecule has 25 heavy (non-hydrogen) atoms. The quantitative estimate of drug-likeness (QED) is 0.719. The van der Waals surface area contributed by atoms with Crippen LogP contribution in [0.2, 0.25) is 0 Å². The molecule has 1 atom stereocenters. The van der Waals surface area contributed by atoms with Crippen LogP contribution in [0, 0.1) is 19.8 Å². The maximum Gasteiger partial charge on any atom is 0.313 e. The number of aliphatic hydroxyl groups is 1. The molecule has 132 valence electrons. The monoisotopic (exact) mass is 358 g/mol. The molecule has 2 aromatic rings. The molecule has 1 aromatic carbocycles. The number of carbonyl (C=O) groups is 2. The lowest BCUT2D eigenvalue weighted by Crippen LogP contribution is -2.45. The van der Waals surface area contributed by atoms with Crippen LogP contribution in [-0.4, -0.2) is 23.5 Å². The maximum atomic E-state index is 12.1. The Morgan fingerprint density at radius 2 is 1.88 bits per heavy atom. The zero-order valence-corrected chi connectivity index (χ0v) is 15.2. The van der Waals surface area contributed by atoms with Gasteiger partial charge < -0.3 is 15.7 Å². The molecule has 5 nitrogen and oxygen atoms in total. The number of nitrogens with one attached hydrogen (secondary N) is 2. The Balaban J connectivity index is 1.62. The maximum absolute atomic E-state index is 12.1. The van der Waals surface area contributed by atoms with E-state index in [-0.39, 0.29) is 12.5 Å². The Kier molecular flexibility index (Phi) is 4.92. The Bertz CT molecular complexity index is 764. The number of thiophene rings is 1.